The first-order chi connectivity index (χ1) is 14.7. The summed E-state index contributed by atoms with van der Waals surface area (Å²) in [5.74, 6) is 1.81. The van der Waals surface area contributed by atoms with Gasteiger partial charge >= 0.3 is 0 Å². The highest BCUT2D eigenvalue weighted by Crippen LogP contribution is 2.30. The van der Waals surface area contributed by atoms with Crippen molar-refractivity contribution in [2.75, 3.05) is 13.1 Å². The highest BCUT2D eigenvalue weighted by atomic mass is 16.6. The van der Waals surface area contributed by atoms with Gasteiger partial charge in [-0.25, -0.2) is 4.98 Å². The highest BCUT2D eigenvalue weighted by molar-refractivity contribution is 5.72. The average Bonchev–Trinajstić information content (AvgIpc) is 3.41. The molecule has 1 fully saturated rings. The largest absolute Gasteiger partial charge is 0.440 e. The van der Waals surface area contributed by atoms with E-state index in [0.29, 0.717) is 23.8 Å². The van der Waals surface area contributed by atoms with E-state index in [1.807, 2.05) is 24.3 Å². The number of hydrogen-bond donors (Lipinski definition) is 0. The number of aromatic nitrogens is 3. The highest BCUT2D eigenvalue weighted by Gasteiger charge is 2.26. The third-order valence-electron chi connectivity index (χ3n) is 5.31. The van der Waals surface area contributed by atoms with Crippen molar-refractivity contribution in [3.05, 3.63) is 70.4 Å². The molecule has 30 heavy (non-hydrogen) atoms. The number of rotatable bonds is 5. The Morgan fingerprint density at radius 2 is 2.07 bits per heavy atom. The number of likely N-dealkylation sites (tertiary alicyclic amines) is 1. The van der Waals surface area contributed by atoms with Crippen LogP contribution in [0.25, 0.3) is 22.5 Å². The first-order valence-corrected chi connectivity index (χ1v) is 9.81. The van der Waals surface area contributed by atoms with Crippen LogP contribution in [0.5, 0.6) is 0 Å². The molecule has 5 rings (SSSR count). The van der Waals surface area contributed by atoms with Gasteiger partial charge in [-0.1, -0.05) is 29.4 Å². The van der Waals surface area contributed by atoms with E-state index >= 15 is 0 Å². The van der Waals surface area contributed by atoms with Crippen molar-refractivity contribution in [3.63, 3.8) is 0 Å². The molecule has 9 nitrogen and oxygen atoms in total. The molecule has 9 heteroatoms. The number of benzene rings is 2. The topological polar surface area (TPSA) is 111 Å². The fourth-order valence-electron chi connectivity index (χ4n) is 3.85. The van der Waals surface area contributed by atoms with Gasteiger partial charge in [-0.3, -0.25) is 15.0 Å². The number of fused-ring (bicyclic) bond motifs is 1. The zero-order valence-electron chi connectivity index (χ0n) is 16.1. The van der Waals surface area contributed by atoms with Gasteiger partial charge in [-0.05, 0) is 31.5 Å². The molecule has 0 amide bonds. The monoisotopic (exact) mass is 405 g/mol. The Labute approximate surface area is 171 Å². The van der Waals surface area contributed by atoms with Crippen LogP contribution in [0.2, 0.25) is 0 Å². The molecule has 1 unspecified atom stereocenters. The summed E-state index contributed by atoms with van der Waals surface area (Å²) >= 11 is 0. The van der Waals surface area contributed by atoms with Gasteiger partial charge in [0.1, 0.15) is 5.52 Å². The summed E-state index contributed by atoms with van der Waals surface area (Å²) in [7, 11) is 0. The van der Waals surface area contributed by atoms with Crippen LogP contribution in [0.1, 0.15) is 30.5 Å². The maximum Gasteiger partial charge on any atom is 0.270 e. The van der Waals surface area contributed by atoms with Crippen molar-refractivity contribution in [1.82, 2.24) is 20.0 Å². The predicted octanol–water partition coefficient (Wildman–Crippen LogP) is 4.17. The molecule has 0 saturated carbocycles. The van der Waals surface area contributed by atoms with Crippen LogP contribution in [0.4, 0.5) is 5.69 Å². The second-order valence-corrected chi connectivity index (χ2v) is 7.41. The lowest BCUT2D eigenvalue weighted by atomic mass is 9.98. The van der Waals surface area contributed by atoms with Crippen molar-refractivity contribution in [2.24, 2.45) is 0 Å². The van der Waals surface area contributed by atoms with E-state index in [1.165, 1.54) is 12.1 Å². The zero-order valence-corrected chi connectivity index (χ0v) is 16.1. The number of oxazole rings is 1. The Balaban J connectivity index is 1.29. The third-order valence-corrected chi connectivity index (χ3v) is 5.31. The van der Waals surface area contributed by atoms with Gasteiger partial charge in [0.05, 0.1) is 11.5 Å². The smallest absolute Gasteiger partial charge is 0.270 e. The van der Waals surface area contributed by atoms with E-state index in [-0.39, 0.29) is 11.6 Å². The Morgan fingerprint density at radius 3 is 2.93 bits per heavy atom. The number of piperidine rings is 1. The molecule has 2 aromatic carbocycles. The van der Waals surface area contributed by atoms with Gasteiger partial charge in [0.25, 0.3) is 5.69 Å². The number of nitro benzene ring substituents is 1. The number of nitrogens with zero attached hydrogens (tertiary/aromatic N) is 5. The van der Waals surface area contributed by atoms with Crippen LogP contribution in [-0.4, -0.2) is 38.0 Å². The number of hydrogen-bond acceptors (Lipinski definition) is 8. The summed E-state index contributed by atoms with van der Waals surface area (Å²) in [6, 6.07) is 14.0. The number of non-ortho nitro benzene ring substituents is 1. The normalized spacial score (nSPS) is 17.4. The van der Waals surface area contributed by atoms with E-state index in [9.17, 15) is 10.1 Å². The van der Waals surface area contributed by atoms with Crippen LogP contribution >= 0.6 is 0 Å². The number of para-hydroxylation sites is 2. The summed E-state index contributed by atoms with van der Waals surface area (Å²) in [5, 5.41) is 15.0. The minimum atomic E-state index is -0.440. The van der Waals surface area contributed by atoms with E-state index in [0.717, 1.165) is 42.9 Å². The lowest BCUT2D eigenvalue weighted by Gasteiger charge is -2.29. The Hall–Kier alpha value is -3.59. The molecule has 1 aliphatic heterocycles. The maximum absolute atomic E-state index is 11.0. The van der Waals surface area contributed by atoms with Crippen molar-refractivity contribution in [1.29, 1.82) is 0 Å². The quantitative estimate of drug-likeness (QED) is 0.359. The molecular formula is C21H19N5O4. The number of nitro groups is 1. The first kappa shape index (κ1) is 18.4. The lowest BCUT2D eigenvalue weighted by molar-refractivity contribution is -0.384. The second-order valence-electron chi connectivity index (χ2n) is 7.41. The van der Waals surface area contributed by atoms with Gasteiger partial charge in [-0.15, -0.1) is 0 Å². The minimum absolute atomic E-state index is 0.00365. The molecule has 1 aliphatic rings. The third kappa shape index (κ3) is 3.67. The molecule has 0 aliphatic carbocycles. The molecule has 152 valence electrons. The summed E-state index contributed by atoms with van der Waals surface area (Å²) in [6.07, 6.45) is 2.04. The first-order valence-electron chi connectivity index (χ1n) is 9.81. The Kier molecular flexibility index (Phi) is 4.72. The van der Waals surface area contributed by atoms with Crippen molar-refractivity contribution < 1.29 is 13.9 Å². The van der Waals surface area contributed by atoms with Crippen LogP contribution in [0.15, 0.2) is 57.5 Å². The van der Waals surface area contributed by atoms with Crippen molar-refractivity contribution >= 4 is 16.8 Å². The molecule has 0 bridgehead atoms. The summed E-state index contributed by atoms with van der Waals surface area (Å²) in [5.41, 5.74) is 2.24. The van der Waals surface area contributed by atoms with Crippen molar-refractivity contribution in [2.45, 2.75) is 25.3 Å². The molecule has 3 heterocycles. The van der Waals surface area contributed by atoms with Crippen LogP contribution in [0, 0.1) is 10.1 Å². The zero-order chi connectivity index (χ0) is 20.5. The van der Waals surface area contributed by atoms with Gasteiger partial charge in [0.2, 0.25) is 11.7 Å². The molecular weight excluding hydrogens is 386 g/mol. The SMILES string of the molecule is O=[N+]([O-])c1cccc(-c2noc(CN3CCCC(c4nc5ccccc5o4)C3)n2)c1. The van der Waals surface area contributed by atoms with E-state index in [4.69, 9.17) is 8.94 Å². The summed E-state index contributed by atoms with van der Waals surface area (Å²) in [6.45, 7) is 2.23. The standard InChI is InChI=1S/C21H19N5O4/c27-26(28)16-7-3-5-14(11-16)20-23-19(30-24-20)13-25-10-4-6-15(12-25)21-22-17-8-1-2-9-18(17)29-21/h1-3,5,7-9,11,15H,4,6,10,12-13H2. The fourth-order valence-corrected chi connectivity index (χ4v) is 3.85. The van der Waals surface area contributed by atoms with Crippen LogP contribution < -0.4 is 0 Å². The molecule has 2 aromatic heterocycles. The van der Waals surface area contributed by atoms with E-state index < -0.39 is 4.92 Å². The maximum atomic E-state index is 11.0. The average molecular weight is 405 g/mol. The van der Waals surface area contributed by atoms with Gasteiger partial charge < -0.3 is 8.94 Å². The van der Waals surface area contributed by atoms with E-state index in [1.54, 1.807) is 12.1 Å². The molecule has 0 spiro atoms. The van der Waals surface area contributed by atoms with Gasteiger partial charge in [-0.2, -0.15) is 4.98 Å². The Bertz CT molecular complexity index is 1170. The molecule has 0 radical (unpaired) electrons. The van der Waals surface area contributed by atoms with Crippen molar-refractivity contribution in [3.8, 4) is 11.4 Å². The fraction of sp³-hybridized carbons (Fsp3) is 0.286. The molecule has 1 saturated heterocycles. The molecule has 0 N–H and O–H groups in total. The molecule has 4 aromatic rings. The van der Waals surface area contributed by atoms with Crippen LogP contribution in [-0.2, 0) is 6.54 Å². The molecule has 1 atom stereocenters. The Morgan fingerprint density at radius 1 is 1.17 bits per heavy atom. The van der Waals surface area contributed by atoms with E-state index in [2.05, 4.69) is 20.0 Å². The summed E-state index contributed by atoms with van der Waals surface area (Å²) in [4.78, 5) is 21.9. The second kappa shape index (κ2) is 7.68. The predicted molar refractivity (Wildman–Crippen MR) is 108 cm³/mol. The van der Waals surface area contributed by atoms with Gasteiger partial charge in [0.15, 0.2) is 11.5 Å². The summed E-state index contributed by atoms with van der Waals surface area (Å²) < 4.78 is 11.4. The lowest BCUT2D eigenvalue weighted by Crippen LogP contribution is -2.34. The van der Waals surface area contributed by atoms with Crippen LogP contribution in [0.3, 0.4) is 0 Å². The van der Waals surface area contributed by atoms with Gasteiger partial charge in [0, 0.05) is 30.2 Å². The minimum Gasteiger partial charge on any atom is -0.440 e.